The molecule has 3 heterocycles. The van der Waals surface area contributed by atoms with E-state index in [1.165, 1.54) is 0 Å². The van der Waals surface area contributed by atoms with E-state index in [9.17, 15) is 14.7 Å². The molecule has 37 heavy (non-hydrogen) atoms. The Morgan fingerprint density at radius 3 is 2.51 bits per heavy atom. The third-order valence-electron chi connectivity index (χ3n) is 13.2. The average molecular weight is 515 g/mol. The van der Waals surface area contributed by atoms with Gasteiger partial charge in [-0.1, -0.05) is 26.8 Å². The zero-order valence-corrected chi connectivity index (χ0v) is 22.9. The van der Waals surface area contributed by atoms with Gasteiger partial charge in [-0.15, -0.1) is 0 Å². The van der Waals surface area contributed by atoms with Crippen molar-refractivity contribution in [3.63, 3.8) is 0 Å². The van der Waals surface area contributed by atoms with E-state index in [1.54, 1.807) is 0 Å². The van der Waals surface area contributed by atoms with Gasteiger partial charge in [0, 0.05) is 30.3 Å². The van der Waals surface area contributed by atoms with Crippen LogP contribution in [0, 0.1) is 40.4 Å². The minimum atomic E-state index is -1.15. The summed E-state index contributed by atoms with van der Waals surface area (Å²) in [5.74, 6) is 0.157. The summed E-state index contributed by atoms with van der Waals surface area (Å²) < 4.78 is 11.8. The molecule has 0 aromatic rings. The summed E-state index contributed by atoms with van der Waals surface area (Å²) in [6.45, 7) is 11.1. The predicted molar refractivity (Wildman–Crippen MR) is 133 cm³/mol. The van der Waals surface area contributed by atoms with Gasteiger partial charge in [-0.05, 0) is 87.4 Å². The molecule has 0 unspecified atom stereocenters. The fourth-order valence-electron chi connectivity index (χ4n) is 11.1. The zero-order chi connectivity index (χ0) is 26.2. The van der Waals surface area contributed by atoms with Gasteiger partial charge >= 0.3 is 11.9 Å². The second-order valence-electron chi connectivity index (χ2n) is 14.4. The van der Waals surface area contributed by atoms with Gasteiger partial charge in [0.1, 0.15) is 22.9 Å². The number of carbonyl (C=O) groups is 2. The smallest absolute Gasteiger partial charge is 0.335 e. The molecule has 7 rings (SSSR count). The number of hydrogen-bond acceptors (Lipinski definition) is 7. The van der Waals surface area contributed by atoms with Crippen LogP contribution in [0.25, 0.3) is 0 Å². The maximum absolute atomic E-state index is 12.6. The number of aliphatic hydroxyl groups is 1. The minimum Gasteiger partial charge on any atom is -0.458 e. The highest BCUT2D eigenvalue weighted by atomic mass is 17.2. The number of ether oxygens (including phenoxy) is 2. The van der Waals surface area contributed by atoms with Gasteiger partial charge in [-0.2, -0.15) is 0 Å². The Hall–Kier alpha value is -1.44. The number of fused-ring (bicyclic) bond motifs is 5. The number of cyclic esters (lactones) is 1. The van der Waals surface area contributed by atoms with Crippen LogP contribution in [-0.4, -0.2) is 46.1 Å². The third kappa shape index (κ3) is 2.84. The van der Waals surface area contributed by atoms with Gasteiger partial charge < -0.3 is 14.6 Å². The lowest BCUT2D eigenvalue weighted by Crippen LogP contribution is -2.58. The van der Waals surface area contributed by atoms with E-state index in [2.05, 4.69) is 20.8 Å². The highest BCUT2D eigenvalue weighted by Gasteiger charge is 2.78. The normalized spacial score (nSPS) is 56.9. The van der Waals surface area contributed by atoms with E-state index in [-0.39, 0.29) is 34.7 Å². The largest absolute Gasteiger partial charge is 0.458 e. The monoisotopic (exact) mass is 514 g/mol. The van der Waals surface area contributed by atoms with Crippen molar-refractivity contribution in [3.05, 3.63) is 11.6 Å². The highest BCUT2D eigenvalue weighted by molar-refractivity contribution is 5.88. The summed E-state index contributed by atoms with van der Waals surface area (Å²) in [6, 6.07) is 0. The van der Waals surface area contributed by atoms with Gasteiger partial charge in [0.25, 0.3) is 0 Å². The van der Waals surface area contributed by atoms with Gasteiger partial charge in [0.2, 0.25) is 0 Å². The maximum Gasteiger partial charge on any atom is 0.335 e. The second-order valence-corrected chi connectivity index (χ2v) is 14.4. The molecule has 3 aliphatic heterocycles. The Kier molecular flexibility index (Phi) is 4.91. The van der Waals surface area contributed by atoms with Gasteiger partial charge in [0.05, 0.1) is 0 Å². The number of rotatable bonds is 2. The molecule has 7 nitrogen and oxygen atoms in total. The number of carbonyl (C=O) groups excluding carboxylic acids is 2. The molecule has 204 valence electrons. The molecule has 6 fully saturated rings. The van der Waals surface area contributed by atoms with Crippen LogP contribution < -0.4 is 0 Å². The summed E-state index contributed by atoms with van der Waals surface area (Å²) in [5, 5.41) is 10.9. The van der Waals surface area contributed by atoms with Crippen molar-refractivity contribution in [2.45, 2.75) is 121 Å². The van der Waals surface area contributed by atoms with E-state index in [0.717, 1.165) is 56.9 Å². The van der Waals surface area contributed by atoms with E-state index in [0.29, 0.717) is 24.2 Å². The Morgan fingerprint density at radius 2 is 1.76 bits per heavy atom. The quantitative estimate of drug-likeness (QED) is 0.424. The van der Waals surface area contributed by atoms with E-state index >= 15 is 0 Å². The summed E-state index contributed by atoms with van der Waals surface area (Å²) in [7, 11) is 0. The number of aliphatic hydroxyl groups excluding tert-OH is 1. The molecule has 0 amide bonds. The molecule has 4 aliphatic carbocycles. The van der Waals surface area contributed by atoms with Gasteiger partial charge in [0.15, 0.2) is 6.10 Å². The molecule has 7 heteroatoms. The van der Waals surface area contributed by atoms with Crippen molar-refractivity contribution in [2.24, 2.45) is 40.4 Å². The van der Waals surface area contributed by atoms with Crippen molar-refractivity contribution in [1.82, 2.24) is 0 Å². The lowest BCUT2D eigenvalue weighted by Gasteiger charge is -2.59. The van der Waals surface area contributed by atoms with Crippen LogP contribution in [0.5, 0.6) is 0 Å². The summed E-state index contributed by atoms with van der Waals surface area (Å²) in [6.07, 6.45) is 9.15. The van der Waals surface area contributed by atoms with E-state index < -0.39 is 28.9 Å². The van der Waals surface area contributed by atoms with Crippen LogP contribution in [0.3, 0.4) is 0 Å². The van der Waals surface area contributed by atoms with Crippen LogP contribution >= 0.6 is 0 Å². The number of esters is 2. The van der Waals surface area contributed by atoms with E-state index in [4.69, 9.17) is 19.2 Å². The van der Waals surface area contributed by atoms with Crippen LogP contribution in [0.4, 0.5) is 0 Å². The first-order valence-corrected chi connectivity index (χ1v) is 14.5. The molecule has 2 saturated heterocycles. The SMILES string of the molecule is CC1=CC[C@@H]([C@@H](C)[C@H]2CC[C@@]3(C)[C@@H]4CC[C@@H]5[C@]6(C[C@]4(CC[C@]23C)OO6)[C@H]2C[C@]5(C)OC(=O)[C@@H]2O)OC1=O. The standard InChI is InChI=1S/C30H42O7/c1-16-6-7-20(34-24(16)32)17(2)18-10-11-27(4)21-8-9-22-28(5)14-19(23(31)25(33)35-28)30(22)15-29(21,36-37-30)13-12-26(18,27)3/h6,17-23,31H,7-15H2,1-5H3/t17-,18+,19-,20-,21-,22-,23+,26+,27-,28-,29-,30-/m0/s1. The van der Waals surface area contributed by atoms with Gasteiger partial charge in [-0.25, -0.2) is 19.4 Å². The van der Waals surface area contributed by atoms with Crippen molar-refractivity contribution in [2.75, 3.05) is 0 Å². The van der Waals surface area contributed by atoms with Gasteiger partial charge in [-0.3, -0.25) is 0 Å². The Bertz CT molecular complexity index is 1090. The van der Waals surface area contributed by atoms with Crippen molar-refractivity contribution >= 4 is 11.9 Å². The first-order chi connectivity index (χ1) is 17.4. The van der Waals surface area contributed by atoms with Crippen LogP contribution in [-0.2, 0) is 28.8 Å². The first kappa shape index (κ1) is 24.6. The highest BCUT2D eigenvalue weighted by Crippen LogP contribution is 2.75. The second kappa shape index (κ2) is 7.39. The Labute approximate surface area is 219 Å². The Morgan fingerprint density at radius 1 is 1.00 bits per heavy atom. The molecule has 0 radical (unpaired) electrons. The molecule has 7 aliphatic rings. The fourth-order valence-corrected chi connectivity index (χ4v) is 11.1. The van der Waals surface area contributed by atoms with Crippen molar-refractivity contribution < 1.29 is 33.9 Å². The molecule has 0 aromatic heterocycles. The third-order valence-corrected chi connectivity index (χ3v) is 13.2. The first-order valence-electron chi connectivity index (χ1n) is 14.5. The van der Waals surface area contributed by atoms with Crippen LogP contribution in [0.2, 0.25) is 0 Å². The molecular weight excluding hydrogens is 472 g/mol. The topological polar surface area (TPSA) is 91.3 Å². The average Bonchev–Trinajstić information content (AvgIpc) is 3.37. The fraction of sp³-hybridized carbons (Fsp3) is 0.867. The van der Waals surface area contributed by atoms with Crippen LogP contribution in [0.1, 0.15) is 92.4 Å². The minimum absolute atomic E-state index is 0.0266. The molecule has 2 spiro atoms. The summed E-state index contributed by atoms with van der Waals surface area (Å²) in [4.78, 5) is 37.8. The lowest BCUT2D eigenvalue weighted by atomic mass is 9.46. The molecular formula is C30H42O7. The number of hydrogen-bond donors (Lipinski definition) is 1. The molecule has 0 aromatic carbocycles. The molecule has 4 bridgehead atoms. The van der Waals surface area contributed by atoms with Crippen molar-refractivity contribution in [3.8, 4) is 0 Å². The van der Waals surface area contributed by atoms with Crippen LogP contribution in [0.15, 0.2) is 11.6 Å². The van der Waals surface area contributed by atoms with Crippen molar-refractivity contribution in [1.29, 1.82) is 0 Å². The van der Waals surface area contributed by atoms with E-state index in [1.807, 2.05) is 19.9 Å². The maximum atomic E-state index is 12.6. The summed E-state index contributed by atoms with van der Waals surface area (Å²) >= 11 is 0. The lowest BCUT2D eigenvalue weighted by molar-refractivity contribution is -0.392. The Balaban J connectivity index is 1.21. The molecule has 1 N–H and O–H groups in total. The predicted octanol–water partition coefficient (Wildman–Crippen LogP) is 4.65. The molecule has 12 atom stereocenters. The molecule has 4 saturated carbocycles. The summed E-state index contributed by atoms with van der Waals surface area (Å²) in [5.41, 5.74) is -0.782. The zero-order valence-electron chi connectivity index (χ0n) is 22.9.